The molecule has 4 heteroatoms. The molecule has 2 aromatic carbocycles. The van der Waals surface area contributed by atoms with E-state index in [2.05, 4.69) is 11.4 Å². The molecular formula is C21H26N2O2. The number of carbonyl (C=O) groups excluding carboxylic acids is 2. The smallest absolute Gasteiger partial charge is 0.251 e. The molecule has 0 radical (unpaired) electrons. The average molecular weight is 338 g/mol. The molecule has 0 aliphatic carbocycles. The normalized spacial score (nSPS) is 10.4. The Bertz CT molecular complexity index is 776. The van der Waals surface area contributed by atoms with Gasteiger partial charge in [0, 0.05) is 19.2 Å². The van der Waals surface area contributed by atoms with Gasteiger partial charge in [-0.15, -0.1) is 0 Å². The van der Waals surface area contributed by atoms with Gasteiger partial charge in [0.25, 0.3) is 5.91 Å². The van der Waals surface area contributed by atoms with Crippen molar-refractivity contribution in [2.24, 2.45) is 0 Å². The van der Waals surface area contributed by atoms with Gasteiger partial charge in [-0.1, -0.05) is 41.0 Å². The number of nitrogens with one attached hydrogen (secondary N) is 1. The minimum absolute atomic E-state index is 0.00671. The second kappa shape index (κ2) is 7.97. The first kappa shape index (κ1) is 18.7. The molecule has 0 saturated carbocycles. The molecule has 2 aromatic rings. The number of aryl methyl sites for hydroxylation is 4. The first-order chi connectivity index (χ1) is 11.8. The Labute approximate surface area is 149 Å². The van der Waals surface area contributed by atoms with Crippen LogP contribution in [0.3, 0.4) is 0 Å². The van der Waals surface area contributed by atoms with E-state index in [1.807, 2.05) is 58.0 Å². The number of carbonyl (C=O) groups is 2. The van der Waals surface area contributed by atoms with Crippen molar-refractivity contribution >= 4 is 11.8 Å². The Balaban J connectivity index is 1.93. The van der Waals surface area contributed by atoms with E-state index in [4.69, 9.17) is 0 Å². The van der Waals surface area contributed by atoms with E-state index in [0.29, 0.717) is 12.1 Å². The molecule has 0 aliphatic rings. The minimum atomic E-state index is -0.222. The van der Waals surface area contributed by atoms with Crippen molar-refractivity contribution in [1.29, 1.82) is 0 Å². The van der Waals surface area contributed by atoms with Crippen molar-refractivity contribution in [2.45, 2.75) is 34.2 Å². The van der Waals surface area contributed by atoms with Crippen molar-refractivity contribution in [1.82, 2.24) is 10.2 Å². The number of benzene rings is 2. The number of nitrogens with zero attached hydrogens (tertiary/aromatic N) is 1. The highest BCUT2D eigenvalue weighted by Gasteiger charge is 2.13. The maximum atomic E-state index is 12.3. The SMILES string of the molecule is Cc1cc(C)cc(C(=O)NCC(=O)N(C)Cc2ccc(C)cc2C)c1. The Kier molecular flexibility index (Phi) is 5.97. The lowest BCUT2D eigenvalue weighted by Crippen LogP contribution is -2.38. The van der Waals surface area contributed by atoms with E-state index >= 15 is 0 Å². The summed E-state index contributed by atoms with van der Waals surface area (Å²) < 4.78 is 0. The molecule has 25 heavy (non-hydrogen) atoms. The summed E-state index contributed by atoms with van der Waals surface area (Å²) in [6.45, 7) is 8.52. The van der Waals surface area contributed by atoms with Crippen molar-refractivity contribution < 1.29 is 9.59 Å². The topological polar surface area (TPSA) is 49.4 Å². The monoisotopic (exact) mass is 338 g/mol. The van der Waals surface area contributed by atoms with Crippen LogP contribution in [-0.4, -0.2) is 30.3 Å². The third-order valence-electron chi connectivity index (χ3n) is 4.22. The zero-order chi connectivity index (χ0) is 18.6. The van der Waals surface area contributed by atoms with Gasteiger partial charge in [-0.05, 0) is 51.0 Å². The summed E-state index contributed by atoms with van der Waals surface area (Å²) in [5.41, 5.74) is 6.13. The zero-order valence-electron chi connectivity index (χ0n) is 15.6. The number of hydrogen-bond acceptors (Lipinski definition) is 2. The van der Waals surface area contributed by atoms with Gasteiger partial charge in [0.1, 0.15) is 0 Å². The van der Waals surface area contributed by atoms with Gasteiger partial charge in [-0.25, -0.2) is 0 Å². The third kappa shape index (κ3) is 5.18. The molecule has 0 aromatic heterocycles. The fraction of sp³-hybridized carbons (Fsp3) is 0.333. The number of rotatable bonds is 5. The zero-order valence-corrected chi connectivity index (χ0v) is 15.6. The molecule has 0 unspecified atom stereocenters. The van der Waals surface area contributed by atoms with Gasteiger partial charge in [0.15, 0.2) is 0 Å². The van der Waals surface area contributed by atoms with Crippen LogP contribution >= 0.6 is 0 Å². The summed E-state index contributed by atoms with van der Waals surface area (Å²) in [6.07, 6.45) is 0. The highest BCUT2D eigenvalue weighted by atomic mass is 16.2. The lowest BCUT2D eigenvalue weighted by atomic mass is 10.1. The fourth-order valence-electron chi connectivity index (χ4n) is 2.87. The molecule has 2 rings (SSSR count). The molecule has 0 bridgehead atoms. The van der Waals surface area contributed by atoms with Crippen molar-refractivity contribution in [3.63, 3.8) is 0 Å². The standard InChI is InChI=1S/C21H26N2O2/c1-14-6-7-18(17(4)9-14)13-23(5)20(24)12-22-21(25)19-10-15(2)8-16(3)11-19/h6-11H,12-13H2,1-5H3,(H,22,25). The largest absolute Gasteiger partial charge is 0.343 e. The molecule has 0 saturated heterocycles. The van der Waals surface area contributed by atoms with Crippen molar-refractivity contribution in [2.75, 3.05) is 13.6 Å². The first-order valence-corrected chi connectivity index (χ1v) is 8.43. The Morgan fingerprint density at radius 2 is 1.56 bits per heavy atom. The van der Waals surface area contributed by atoms with Crippen LogP contribution < -0.4 is 5.32 Å². The lowest BCUT2D eigenvalue weighted by molar-refractivity contribution is -0.129. The highest BCUT2D eigenvalue weighted by Crippen LogP contribution is 2.12. The van der Waals surface area contributed by atoms with E-state index in [0.717, 1.165) is 16.7 Å². The molecule has 0 heterocycles. The van der Waals surface area contributed by atoms with Crippen LogP contribution in [0.15, 0.2) is 36.4 Å². The molecule has 0 atom stereocenters. The molecular weight excluding hydrogens is 312 g/mol. The van der Waals surface area contributed by atoms with Crippen molar-refractivity contribution in [3.8, 4) is 0 Å². The van der Waals surface area contributed by atoms with Crippen LogP contribution in [0.4, 0.5) is 0 Å². The second-order valence-electron chi connectivity index (χ2n) is 6.74. The summed E-state index contributed by atoms with van der Waals surface area (Å²) in [6, 6.07) is 11.9. The fourth-order valence-corrected chi connectivity index (χ4v) is 2.87. The first-order valence-electron chi connectivity index (χ1n) is 8.43. The van der Waals surface area contributed by atoms with E-state index < -0.39 is 0 Å². The van der Waals surface area contributed by atoms with Gasteiger partial charge >= 0.3 is 0 Å². The van der Waals surface area contributed by atoms with Gasteiger partial charge < -0.3 is 10.2 Å². The van der Waals surface area contributed by atoms with Gasteiger partial charge in [-0.2, -0.15) is 0 Å². The molecule has 1 N–H and O–H groups in total. The van der Waals surface area contributed by atoms with Crippen LogP contribution in [0.25, 0.3) is 0 Å². The second-order valence-corrected chi connectivity index (χ2v) is 6.74. The Hall–Kier alpha value is -2.62. The predicted octanol–water partition coefficient (Wildman–Crippen LogP) is 3.31. The Morgan fingerprint density at radius 3 is 2.16 bits per heavy atom. The van der Waals surface area contributed by atoms with Crippen LogP contribution in [0.5, 0.6) is 0 Å². The van der Waals surface area contributed by atoms with E-state index in [1.54, 1.807) is 11.9 Å². The van der Waals surface area contributed by atoms with Crippen LogP contribution in [0.1, 0.15) is 38.2 Å². The van der Waals surface area contributed by atoms with Crippen LogP contribution in [-0.2, 0) is 11.3 Å². The summed E-state index contributed by atoms with van der Waals surface area (Å²) in [5.74, 6) is -0.335. The van der Waals surface area contributed by atoms with Gasteiger partial charge in [-0.3, -0.25) is 9.59 Å². The van der Waals surface area contributed by atoms with Crippen LogP contribution in [0, 0.1) is 27.7 Å². The van der Waals surface area contributed by atoms with Crippen LogP contribution in [0.2, 0.25) is 0 Å². The highest BCUT2D eigenvalue weighted by molar-refractivity contribution is 5.96. The minimum Gasteiger partial charge on any atom is -0.343 e. The molecule has 132 valence electrons. The summed E-state index contributed by atoms with van der Waals surface area (Å²) in [4.78, 5) is 26.2. The van der Waals surface area contributed by atoms with Crippen molar-refractivity contribution in [3.05, 3.63) is 69.8 Å². The van der Waals surface area contributed by atoms with E-state index in [9.17, 15) is 9.59 Å². The van der Waals surface area contributed by atoms with Gasteiger partial charge in [0.2, 0.25) is 5.91 Å². The third-order valence-corrected chi connectivity index (χ3v) is 4.22. The Morgan fingerprint density at radius 1 is 0.920 bits per heavy atom. The molecule has 2 amide bonds. The molecule has 0 spiro atoms. The summed E-state index contributed by atoms with van der Waals surface area (Å²) in [5, 5.41) is 2.71. The number of amides is 2. The number of hydrogen-bond donors (Lipinski definition) is 1. The molecule has 0 aliphatic heterocycles. The molecule has 4 nitrogen and oxygen atoms in total. The maximum absolute atomic E-state index is 12.3. The van der Waals surface area contributed by atoms with Gasteiger partial charge in [0.05, 0.1) is 6.54 Å². The van der Waals surface area contributed by atoms with E-state index in [-0.39, 0.29) is 18.4 Å². The predicted molar refractivity (Wildman–Crippen MR) is 101 cm³/mol. The maximum Gasteiger partial charge on any atom is 0.251 e. The summed E-state index contributed by atoms with van der Waals surface area (Å²) in [7, 11) is 1.75. The van der Waals surface area contributed by atoms with E-state index in [1.165, 1.54) is 11.1 Å². The summed E-state index contributed by atoms with van der Waals surface area (Å²) >= 11 is 0. The number of likely N-dealkylation sites (N-methyl/N-ethyl adjacent to an activating group) is 1. The molecule has 0 fully saturated rings. The average Bonchev–Trinajstić information content (AvgIpc) is 2.53. The quantitative estimate of drug-likeness (QED) is 0.909. The lowest BCUT2D eigenvalue weighted by Gasteiger charge is -2.19.